The van der Waals surface area contributed by atoms with Gasteiger partial charge in [-0.3, -0.25) is 9.59 Å². The van der Waals surface area contributed by atoms with Crippen LogP contribution >= 0.6 is 34.8 Å². The van der Waals surface area contributed by atoms with E-state index >= 15 is 0 Å². The lowest BCUT2D eigenvalue weighted by atomic mass is 10.1. The number of rotatable bonds is 6. The summed E-state index contributed by atoms with van der Waals surface area (Å²) in [5.74, 6) is -0.291. The van der Waals surface area contributed by atoms with Crippen molar-refractivity contribution in [2.24, 2.45) is 5.10 Å². The third-order valence-electron chi connectivity index (χ3n) is 5.10. The first-order valence-electron chi connectivity index (χ1n) is 10.6. The van der Waals surface area contributed by atoms with Gasteiger partial charge in [0.25, 0.3) is 11.8 Å². The molecule has 0 fully saturated rings. The van der Waals surface area contributed by atoms with E-state index in [4.69, 9.17) is 39.5 Å². The zero-order valence-corrected chi connectivity index (χ0v) is 20.8. The van der Waals surface area contributed by atoms with E-state index < -0.39 is 15.9 Å². The molecule has 0 saturated carbocycles. The van der Waals surface area contributed by atoms with Crippen LogP contribution in [0, 0.1) is 0 Å². The lowest BCUT2D eigenvalue weighted by Gasteiger charge is -2.26. The standard InChI is InChI=1S/C26H20Cl3N3O3/c1-17-22(24(34)32(31-17)20-10-6-3-7-11-20)16-18-12-14-21(15-13-18)35-25(26(27,28)29)30-23(33)19-8-4-2-5-9-19/h2-16,25H,1H3,(H,30,33)/b22-16-. The molecule has 2 amide bonds. The first kappa shape index (κ1) is 24.8. The summed E-state index contributed by atoms with van der Waals surface area (Å²) in [6.45, 7) is 1.78. The van der Waals surface area contributed by atoms with E-state index in [1.165, 1.54) is 5.01 Å². The maximum atomic E-state index is 12.9. The summed E-state index contributed by atoms with van der Waals surface area (Å²) in [6.07, 6.45) is 0.506. The van der Waals surface area contributed by atoms with Crippen LogP contribution in [0.3, 0.4) is 0 Å². The maximum Gasteiger partial charge on any atom is 0.280 e. The summed E-state index contributed by atoms with van der Waals surface area (Å²) < 4.78 is 3.85. The van der Waals surface area contributed by atoms with Crippen molar-refractivity contribution >= 4 is 64.1 Å². The van der Waals surface area contributed by atoms with Crippen molar-refractivity contribution in [1.29, 1.82) is 0 Å². The van der Waals surface area contributed by atoms with E-state index in [1.54, 1.807) is 67.6 Å². The highest BCUT2D eigenvalue weighted by Gasteiger charge is 2.36. The predicted octanol–water partition coefficient (Wildman–Crippen LogP) is 6.00. The lowest BCUT2D eigenvalue weighted by molar-refractivity contribution is -0.114. The SMILES string of the molecule is CC1=NN(c2ccccc2)C(=O)/C1=C\c1ccc(OC(NC(=O)c2ccccc2)C(Cl)(Cl)Cl)cc1. The molecule has 3 aromatic rings. The first-order valence-corrected chi connectivity index (χ1v) is 11.7. The van der Waals surface area contributed by atoms with Crippen LogP contribution in [0.1, 0.15) is 22.8 Å². The predicted molar refractivity (Wildman–Crippen MR) is 140 cm³/mol. The number of hydrazone groups is 1. The van der Waals surface area contributed by atoms with Gasteiger partial charge in [-0.2, -0.15) is 10.1 Å². The molecule has 6 nitrogen and oxygen atoms in total. The third-order valence-corrected chi connectivity index (χ3v) is 5.70. The highest BCUT2D eigenvalue weighted by Crippen LogP contribution is 2.32. The Morgan fingerprint density at radius 1 is 0.971 bits per heavy atom. The molecule has 0 radical (unpaired) electrons. The monoisotopic (exact) mass is 527 g/mol. The second kappa shape index (κ2) is 10.5. The van der Waals surface area contributed by atoms with Crippen LogP contribution in [-0.2, 0) is 4.79 Å². The van der Waals surface area contributed by atoms with Gasteiger partial charge in [0.05, 0.1) is 17.0 Å². The Bertz CT molecular complexity index is 1270. The molecule has 3 aromatic carbocycles. The Morgan fingerprint density at radius 3 is 2.17 bits per heavy atom. The van der Waals surface area contributed by atoms with Gasteiger partial charge in [0.1, 0.15) is 5.75 Å². The highest BCUT2D eigenvalue weighted by molar-refractivity contribution is 6.68. The van der Waals surface area contributed by atoms with Gasteiger partial charge in [-0.15, -0.1) is 0 Å². The molecule has 9 heteroatoms. The average molecular weight is 529 g/mol. The Morgan fingerprint density at radius 2 is 1.57 bits per heavy atom. The number of nitrogens with zero attached hydrogens (tertiary/aromatic N) is 2. The van der Waals surface area contributed by atoms with Crippen LogP contribution in [0.25, 0.3) is 6.08 Å². The van der Waals surface area contributed by atoms with Crippen LogP contribution in [0.5, 0.6) is 5.75 Å². The Kier molecular flexibility index (Phi) is 7.45. The van der Waals surface area contributed by atoms with Gasteiger partial charge in [-0.25, -0.2) is 0 Å². The number of hydrogen-bond acceptors (Lipinski definition) is 4. The maximum absolute atomic E-state index is 12.9. The number of carbonyl (C=O) groups excluding carboxylic acids is 2. The number of hydrogen-bond donors (Lipinski definition) is 1. The molecule has 4 rings (SSSR count). The largest absolute Gasteiger partial charge is 0.466 e. The molecule has 1 aliphatic rings. The van der Waals surface area contributed by atoms with E-state index in [1.807, 2.05) is 30.3 Å². The molecule has 1 heterocycles. The zero-order valence-electron chi connectivity index (χ0n) is 18.5. The summed E-state index contributed by atoms with van der Waals surface area (Å²) in [7, 11) is 0. The number of halogens is 3. The molecule has 1 atom stereocenters. The topological polar surface area (TPSA) is 71.0 Å². The van der Waals surface area contributed by atoms with Crippen LogP contribution in [0.15, 0.2) is 95.6 Å². The molecule has 178 valence electrons. The quantitative estimate of drug-likeness (QED) is 0.242. The van der Waals surface area contributed by atoms with Crippen molar-refractivity contribution in [3.8, 4) is 5.75 Å². The second-order valence-electron chi connectivity index (χ2n) is 7.64. The molecule has 35 heavy (non-hydrogen) atoms. The van der Waals surface area contributed by atoms with E-state index in [-0.39, 0.29) is 5.91 Å². The molecule has 0 aromatic heterocycles. The molecule has 0 aliphatic carbocycles. The van der Waals surface area contributed by atoms with Crippen LogP contribution in [0.2, 0.25) is 0 Å². The summed E-state index contributed by atoms with van der Waals surface area (Å²) in [5, 5.41) is 8.34. The van der Waals surface area contributed by atoms with Gasteiger partial charge in [0.2, 0.25) is 10.0 Å². The molecular formula is C26H20Cl3N3O3. The number of alkyl halides is 3. The summed E-state index contributed by atoms with van der Waals surface area (Å²) >= 11 is 18.1. The molecule has 0 spiro atoms. The van der Waals surface area contributed by atoms with Crippen LogP contribution in [-0.4, -0.2) is 27.5 Å². The number of carbonyl (C=O) groups is 2. The highest BCUT2D eigenvalue weighted by atomic mass is 35.6. The van der Waals surface area contributed by atoms with E-state index in [0.29, 0.717) is 28.3 Å². The lowest BCUT2D eigenvalue weighted by Crippen LogP contribution is -2.47. The molecule has 1 unspecified atom stereocenters. The fourth-order valence-electron chi connectivity index (χ4n) is 3.34. The Hall–Kier alpha value is -3.32. The second-order valence-corrected chi connectivity index (χ2v) is 10.0. The smallest absolute Gasteiger partial charge is 0.280 e. The zero-order chi connectivity index (χ0) is 25.0. The number of para-hydroxylation sites is 1. The van der Waals surface area contributed by atoms with Gasteiger partial charge in [0.15, 0.2) is 0 Å². The molecule has 1 N–H and O–H groups in total. The van der Waals surface area contributed by atoms with Crippen molar-refractivity contribution in [1.82, 2.24) is 5.32 Å². The molecule has 1 aliphatic heterocycles. The number of ether oxygens (including phenoxy) is 1. The van der Waals surface area contributed by atoms with Gasteiger partial charge in [0, 0.05) is 5.56 Å². The van der Waals surface area contributed by atoms with Crippen molar-refractivity contribution in [3.63, 3.8) is 0 Å². The number of anilines is 1. The third kappa shape index (κ3) is 6.03. The molecular weight excluding hydrogens is 509 g/mol. The van der Waals surface area contributed by atoms with Gasteiger partial charge in [-0.05, 0) is 55.0 Å². The fourth-order valence-corrected chi connectivity index (χ4v) is 3.64. The minimum Gasteiger partial charge on any atom is -0.466 e. The number of amides is 2. The van der Waals surface area contributed by atoms with Crippen LogP contribution in [0.4, 0.5) is 5.69 Å². The Balaban J connectivity index is 1.48. The van der Waals surface area contributed by atoms with Gasteiger partial charge in [-0.1, -0.05) is 83.3 Å². The minimum absolute atomic E-state index is 0.214. The van der Waals surface area contributed by atoms with E-state index in [2.05, 4.69) is 10.4 Å². The van der Waals surface area contributed by atoms with E-state index in [0.717, 1.165) is 5.56 Å². The van der Waals surface area contributed by atoms with E-state index in [9.17, 15) is 9.59 Å². The summed E-state index contributed by atoms with van der Waals surface area (Å²) in [5.41, 5.74) is 2.94. The summed E-state index contributed by atoms with van der Waals surface area (Å²) in [4.78, 5) is 25.4. The first-order chi connectivity index (χ1) is 16.7. The molecule has 0 saturated heterocycles. The number of nitrogens with one attached hydrogen (secondary N) is 1. The van der Waals surface area contributed by atoms with Gasteiger partial charge < -0.3 is 10.1 Å². The summed E-state index contributed by atoms with van der Waals surface area (Å²) in [6, 6.07) is 24.6. The van der Waals surface area contributed by atoms with Gasteiger partial charge >= 0.3 is 0 Å². The fraction of sp³-hybridized carbons (Fsp3) is 0.115. The van der Waals surface area contributed by atoms with Crippen molar-refractivity contribution in [2.75, 3.05) is 5.01 Å². The average Bonchev–Trinajstić information content (AvgIpc) is 3.13. The Labute approximate surface area is 217 Å². The number of benzene rings is 3. The normalized spacial score (nSPS) is 15.7. The van der Waals surface area contributed by atoms with Crippen LogP contribution < -0.4 is 15.1 Å². The van der Waals surface area contributed by atoms with Crippen molar-refractivity contribution in [2.45, 2.75) is 16.9 Å². The van der Waals surface area contributed by atoms with Crippen molar-refractivity contribution in [3.05, 3.63) is 102 Å². The molecule has 0 bridgehead atoms. The van der Waals surface area contributed by atoms with Crippen molar-refractivity contribution < 1.29 is 14.3 Å². The minimum atomic E-state index is -1.92.